The third kappa shape index (κ3) is 4.34. The number of unbranched alkanes of at least 4 members (excludes halogenated alkanes) is 1. The molecule has 0 aliphatic carbocycles. The minimum Gasteiger partial charge on any atom is -0.496 e. The fourth-order valence-electron chi connectivity index (χ4n) is 2.11. The van der Waals surface area contributed by atoms with Crippen molar-refractivity contribution in [2.75, 3.05) is 12.4 Å². The van der Waals surface area contributed by atoms with Gasteiger partial charge in [0.25, 0.3) is 5.56 Å². The Kier molecular flexibility index (Phi) is 5.37. The van der Waals surface area contributed by atoms with Crippen LogP contribution in [0, 0.1) is 0 Å². The number of rotatable bonds is 7. The van der Waals surface area contributed by atoms with E-state index in [0.717, 1.165) is 36.3 Å². The van der Waals surface area contributed by atoms with Crippen molar-refractivity contribution < 1.29 is 4.74 Å². The number of methoxy groups -OCH3 is 1. The van der Waals surface area contributed by atoms with Crippen LogP contribution in [0.1, 0.15) is 31.0 Å². The highest BCUT2D eigenvalue weighted by Crippen LogP contribution is 2.17. The van der Waals surface area contributed by atoms with Crippen LogP contribution in [0.5, 0.6) is 5.75 Å². The molecule has 5 nitrogen and oxygen atoms in total. The molecule has 0 atom stereocenters. The number of para-hydroxylation sites is 1. The fourth-order valence-corrected chi connectivity index (χ4v) is 2.11. The predicted octanol–water partition coefficient (Wildman–Crippen LogP) is 2.73. The minimum absolute atomic E-state index is 0.126. The zero-order valence-corrected chi connectivity index (χ0v) is 12.5. The normalized spacial score (nSPS) is 10.4. The summed E-state index contributed by atoms with van der Waals surface area (Å²) < 4.78 is 5.30. The highest BCUT2D eigenvalue weighted by Gasteiger charge is 2.04. The number of nitrogens with one attached hydrogen (secondary N) is 2. The molecule has 0 spiro atoms. The SMILES string of the molecule is CCCCc1cc(=O)[nH]c(NCc2ccccc2OC)n1. The molecule has 2 N–H and O–H groups in total. The number of ether oxygens (including phenoxy) is 1. The molecule has 21 heavy (non-hydrogen) atoms. The average Bonchev–Trinajstić information content (AvgIpc) is 2.50. The largest absolute Gasteiger partial charge is 0.496 e. The smallest absolute Gasteiger partial charge is 0.252 e. The van der Waals surface area contributed by atoms with Gasteiger partial charge in [0.15, 0.2) is 0 Å². The van der Waals surface area contributed by atoms with Crippen molar-refractivity contribution in [3.63, 3.8) is 0 Å². The van der Waals surface area contributed by atoms with Crippen molar-refractivity contribution in [1.82, 2.24) is 9.97 Å². The standard InChI is InChI=1S/C16H21N3O2/c1-3-4-8-13-10-15(20)19-16(18-13)17-11-12-7-5-6-9-14(12)21-2/h5-7,9-10H,3-4,8,11H2,1-2H3,(H2,17,18,19,20). The fraction of sp³-hybridized carbons (Fsp3) is 0.375. The van der Waals surface area contributed by atoms with Gasteiger partial charge in [0.05, 0.1) is 7.11 Å². The van der Waals surface area contributed by atoms with E-state index in [0.29, 0.717) is 12.5 Å². The van der Waals surface area contributed by atoms with Crippen LogP contribution in [0.25, 0.3) is 0 Å². The predicted molar refractivity (Wildman–Crippen MR) is 83.8 cm³/mol. The number of hydrogen-bond acceptors (Lipinski definition) is 4. The first-order valence-corrected chi connectivity index (χ1v) is 7.19. The lowest BCUT2D eigenvalue weighted by Crippen LogP contribution is -2.14. The highest BCUT2D eigenvalue weighted by atomic mass is 16.5. The van der Waals surface area contributed by atoms with E-state index in [1.807, 2.05) is 24.3 Å². The highest BCUT2D eigenvalue weighted by molar-refractivity contribution is 5.36. The Hall–Kier alpha value is -2.30. The second kappa shape index (κ2) is 7.47. The summed E-state index contributed by atoms with van der Waals surface area (Å²) in [7, 11) is 1.64. The molecule has 0 aliphatic rings. The van der Waals surface area contributed by atoms with E-state index >= 15 is 0 Å². The maximum absolute atomic E-state index is 11.6. The second-order valence-corrected chi connectivity index (χ2v) is 4.85. The molecule has 2 rings (SSSR count). The van der Waals surface area contributed by atoms with Crippen molar-refractivity contribution in [3.8, 4) is 5.75 Å². The van der Waals surface area contributed by atoms with E-state index in [9.17, 15) is 4.79 Å². The van der Waals surface area contributed by atoms with Gasteiger partial charge in [-0.3, -0.25) is 9.78 Å². The second-order valence-electron chi connectivity index (χ2n) is 4.85. The van der Waals surface area contributed by atoms with Crippen LogP contribution < -0.4 is 15.6 Å². The first kappa shape index (κ1) is 15.1. The lowest BCUT2D eigenvalue weighted by Gasteiger charge is -2.10. The summed E-state index contributed by atoms with van der Waals surface area (Å²) in [5, 5.41) is 3.15. The Morgan fingerprint density at radius 3 is 2.90 bits per heavy atom. The molecule has 0 unspecified atom stereocenters. The Morgan fingerprint density at radius 1 is 1.33 bits per heavy atom. The van der Waals surface area contributed by atoms with Crippen LogP contribution in [-0.4, -0.2) is 17.1 Å². The monoisotopic (exact) mass is 287 g/mol. The van der Waals surface area contributed by atoms with E-state index in [2.05, 4.69) is 22.2 Å². The van der Waals surface area contributed by atoms with Gasteiger partial charge in [-0.05, 0) is 18.9 Å². The van der Waals surface area contributed by atoms with E-state index in [4.69, 9.17) is 4.74 Å². The van der Waals surface area contributed by atoms with Gasteiger partial charge >= 0.3 is 0 Å². The summed E-state index contributed by atoms with van der Waals surface area (Å²) in [6.07, 6.45) is 2.94. The first-order valence-electron chi connectivity index (χ1n) is 7.19. The summed E-state index contributed by atoms with van der Waals surface area (Å²) in [6, 6.07) is 9.32. The van der Waals surface area contributed by atoms with Gasteiger partial charge in [0.2, 0.25) is 5.95 Å². The number of H-pyrrole nitrogens is 1. The molecule has 0 fully saturated rings. The number of nitrogens with zero attached hydrogens (tertiary/aromatic N) is 1. The van der Waals surface area contributed by atoms with Crippen molar-refractivity contribution in [2.24, 2.45) is 0 Å². The van der Waals surface area contributed by atoms with Crippen LogP contribution in [0.15, 0.2) is 35.1 Å². The van der Waals surface area contributed by atoms with Crippen molar-refractivity contribution in [1.29, 1.82) is 0 Å². The molecule has 2 aromatic rings. The summed E-state index contributed by atoms with van der Waals surface area (Å²) >= 11 is 0. The molecule has 1 heterocycles. The zero-order valence-electron chi connectivity index (χ0n) is 12.5. The topological polar surface area (TPSA) is 67.0 Å². The van der Waals surface area contributed by atoms with Gasteiger partial charge < -0.3 is 10.1 Å². The number of aromatic amines is 1. The third-order valence-corrected chi connectivity index (χ3v) is 3.22. The first-order chi connectivity index (χ1) is 10.2. The number of aryl methyl sites for hydroxylation is 1. The molecule has 0 aliphatic heterocycles. The van der Waals surface area contributed by atoms with Gasteiger partial charge in [0.1, 0.15) is 5.75 Å². The number of aromatic nitrogens is 2. The van der Waals surface area contributed by atoms with Crippen LogP contribution in [-0.2, 0) is 13.0 Å². The molecule has 5 heteroatoms. The Labute approximate surface area is 124 Å². The molecule has 0 radical (unpaired) electrons. The zero-order chi connectivity index (χ0) is 15.1. The molecule has 0 saturated heterocycles. The Balaban J connectivity index is 2.09. The summed E-state index contributed by atoms with van der Waals surface area (Å²) in [5.41, 5.74) is 1.71. The minimum atomic E-state index is -0.126. The van der Waals surface area contributed by atoms with Crippen LogP contribution in [0.4, 0.5) is 5.95 Å². The number of benzene rings is 1. The van der Waals surface area contributed by atoms with Crippen molar-refractivity contribution in [3.05, 3.63) is 51.9 Å². The van der Waals surface area contributed by atoms with Crippen LogP contribution >= 0.6 is 0 Å². The van der Waals surface area contributed by atoms with Crippen LogP contribution in [0.3, 0.4) is 0 Å². The molecule has 0 bridgehead atoms. The lowest BCUT2D eigenvalue weighted by atomic mass is 10.2. The Morgan fingerprint density at radius 2 is 2.14 bits per heavy atom. The summed E-state index contributed by atoms with van der Waals surface area (Å²) in [4.78, 5) is 18.8. The number of hydrogen-bond donors (Lipinski definition) is 2. The maximum atomic E-state index is 11.6. The van der Waals surface area contributed by atoms with Gasteiger partial charge in [-0.15, -0.1) is 0 Å². The van der Waals surface area contributed by atoms with E-state index in [-0.39, 0.29) is 5.56 Å². The molecule has 1 aromatic heterocycles. The maximum Gasteiger partial charge on any atom is 0.252 e. The molecule has 1 aromatic carbocycles. The van der Waals surface area contributed by atoms with E-state index in [1.165, 1.54) is 0 Å². The summed E-state index contributed by atoms with van der Waals surface area (Å²) in [5.74, 6) is 1.31. The molecular formula is C16H21N3O2. The van der Waals surface area contributed by atoms with Gasteiger partial charge in [-0.25, -0.2) is 4.98 Å². The molecule has 0 saturated carbocycles. The van der Waals surface area contributed by atoms with Crippen molar-refractivity contribution in [2.45, 2.75) is 32.7 Å². The van der Waals surface area contributed by atoms with Crippen LogP contribution in [0.2, 0.25) is 0 Å². The lowest BCUT2D eigenvalue weighted by molar-refractivity contribution is 0.410. The molecule has 0 amide bonds. The Bertz CT molecular complexity index is 637. The summed E-state index contributed by atoms with van der Waals surface area (Å²) in [6.45, 7) is 2.66. The van der Waals surface area contributed by atoms with Gasteiger partial charge in [-0.1, -0.05) is 31.5 Å². The van der Waals surface area contributed by atoms with E-state index in [1.54, 1.807) is 13.2 Å². The third-order valence-electron chi connectivity index (χ3n) is 3.22. The quantitative estimate of drug-likeness (QED) is 0.821. The molecule has 112 valence electrons. The van der Waals surface area contributed by atoms with E-state index < -0.39 is 0 Å². The van der Waals surface area contributed by atoms with Crippen molar-refractivity contribution >= 4 is 5.95 Å². The van der Waals surface area contributed by atoms with Gasteiger partial charge in [0, 0.05) is 23.9 Å². The van der Waals surface area contributed by atoms with Gasteiger partial charge in [-0.2, -0.15) is 0 Å². The number of anilines is 1. The molecular weight excluding hydrogens is 266 g/mol. The average molecular weight is 287 g/mol.